The van der Waals surface area contributed by atoms with E-state index >= 15 is 0 Å². The van der Waals surface area contributed by atoms with E-state index in [-0.39, 0.29) is 29.6 Å². The van der Waals surface area contributed by atoms with Crippen LogP contribution in [0.3, 0.4) is 0 Å². The van der Waals surface area contributed by atoms with Crippen LogP contribution in [0.1, 0.15) is 0 Å². The third-order valence-corrected chi connectivity index (χ3v) is 3.85. The Morgan fingerprint density at radius 3 is 2.20 bits per heavy atom. The van der Waals surface area contributed by atoms with Crippen molar-refractivity contribution in [3.8, 4) is 11.1 Å². The molecule has 0 spiro atoms. The number of hydrogen-bond acceptors (Lipinski definition) is 3. The minimum atomic E-state index is 0. The van der Waals surface area contributed by atoms with Gasteiger partial charge in [0.2, 0.25) is 0 Å². The SMILES string of the molecule is Sc1ccccc1-c1ccc(N2CCOCC2)cc1.[NaH]. The fourth-order valence-corrected chi connectivity index (χ4v) is 2.68. The Kier molecular flexibility index (Phi) is 6.00. The number of thiol groups is 1. The maximum atomic E-state index is 5.38. The molecule has 1 aliphatic heterocycles. The molecule has 100 valence electrons. The van der Waals surface area contributed by atoms with E-state index in [0.717, 1.165) is 31.2 Å². The molecule has 0 aromatic heterocycles. The van der Waals surface area contributed by atoms with Gasteiger partial charge in [-0.1, -0.05) is 30.3 Å². The molecule has 2 nitrogen and oxygen atoms in total. The summed E-state index contributed by atoms with van der Waals surface area (Å²) >= 11 is 4.51. The van der Waals surface area contributed by atoms with Gasteiger partial charge in [-0.25, -0.2) is 0 Å². The van der Waals surface area contributed by atoms with E-state index in [0.29, 0.717) is 0 Å². The van der Waals surface area contributed by atoms with Crippen molar-refractivity contribution in [2.75, 3.05) is 31.2 Å². The van der Waals surface area contributed by atoms with Gasteiger partial charge in [0.25, 0.3) is 0 Å². The van der Waals surface area contributed by atoms with Crippen LogP contribution in [0, 0.1) is 0 Å². The third kappa shape index (κ3) is 3.60. The van der Waals surface area contributed by atoms with Gasteiger partial charge in [0, 0.05) is 23.7 Å². The molecule has 1 heterocycles. The summed E-state index contributed by atoms with van der Waals surface area (Å²) in [6, 6.07) is 16.9. The van der Waals surface area contributed by atoms with Gasteiger partial charge >= 0.3 is 29.6 Å². The molecule has 1 saturated heterocycles. The van der Waals surface area contributed by atoms with E-state index in [1.165, 1.54) is 16.8 Å². The fourth-order valence-electron chi connectivity index (χ4n) is 2.39. The Morgan fingerprint density at radius 2 is 1.55 bits per heavy atom. The van der Waals surface area contributed by atoms with Crippen molar-refractivity contribution >= 4 is 47.9 Å². The summed E-state index contributed by atoms with van der Waals surface area (Å²) in [5.41, 5.74) is 3.66. The Hall–Kier alpha value is -0.450. The molecule has 0 N–H and O–H groups in total. The van der Waals surface area contributed by atoms with Crippen molar-refractivity contribution in [3.05, 3.63) is 48.5 Å². The van der Waals surface area contributed by atoms with Crippen LogP contribution in [0.25, 0.3) is 11.1 Å². The van der Waals surface area contributed by atoms with Gasteiger partial charge in [-0.05, 0) is 29.3 Å². The number of morpholine rings is 1. The van der Waals surface area contributed by atoms with Gasteiger partial charge in [0.05, 0.1) is 13.2 Å². The van der Waals surface area contributed by atoms with Gasteiger partial charge in [-0.2, -0.15) is 0 Å². The minimum absolute atomic E-state index is 0. The average molecular weight is 295 g/mol. The van der Waals surface area contributed by atoms with Crippen LogP contribution in [-0.2, 0) is 4.74 Å². The normalized spacial score (nSPS) is 14.8. The summed E-state index contributed by atoms with van der Waals surface area (Å²) in [5.74, 6) is 0. The second-order valence-corrected chi connectivity index (χ2v) is 5.15. The zero-order valence-corrected chi connectivity index (χ0v) is 11.6. The molecule has 0 atom stereocenters. The van der Waals surface area contributed by atoms with Gasteiger partial charge < -0.3 is 9.64 Å². The van der Waals surface area contributed by atoms with Crippen molar-refractivity contribution in [3.63, 3.8) is 0 Å². The van der Waals surface area contributed by atoms with E-state index in [1.807, 2.05) is 18.2 Å². The molecule has 1 fully saturated rings. The van der Waals surface area contributed by atoms with E-state index in [4.69, 9.17) is 4.74 Å². The number of benzene rings is 2. The molecule has 0 bridgehead atoms. The Bertz CT molecular complexity index is 553. The zero-order valence-electron chi connectivity index (χ0n) is 10.7. The topological polar surface area (TPSA) is 12.5 Å². The summed E-state index contributed by atoms with van der Waals surface area (Å²) in [6.07, 6.45) is 0. The summed E-state index contributed by atoms with van der Waals surface area (Å²) < 4.78 is 5.38. The molecule has 2 aromatic rings. The van der Waals surface area contributed by atoms with Crippen molar-refractivity contribution in [2.24, 2.45) is 0 Å². The molecule has 0 aliphatic carbocycles. The second-order valence-electron chi connectivity index (χ2n) is 4.66. The molecule has 0 unspecified atom stereocenters. The second kappa shape index (κ2) is 7.53. The van der Waals surface area contributed by atoms with Crippen LogP contribution >= 0.6 is 12.6 Å². The van der Waals surface area contributed by atoms with E-state index in [1.54, 1.807) is 0 Å². The average Bonchev–Trinajstić information content (AvgIpc) is 2.49. The van der Waals surface area contributed by atoms with Crippen LogP contribution in [0.2, 0.25) is 0 Å². The first-order chi connectivity index (χ1) is 9.34. The van der Waals surface area contributed by atoms with Crippen molar-refractivity contribution < 1.29 is 4.74 Å². The molecule has 0 radical (unpaired) electrons. The molecule has 20 heavy (non-hydrogen) atoms. The van der Waals surface area contributed by atoms with Crippen molar-refractivity contribution in [1.82, 2.24) is 0 Å². The number of rotatable bonds is 2. The predicted molar refractivity (Wildman–Crippen MR) is 89.3 cm³/mol. The number of ether oxygens (including phenoxy) is 1. The number of nitrogens with zero attached hydrogens (tertiary/aromatic N) is 1. The molecular weight excluding hydrogens is 277 g/mol. The Morgan fingerprint density at radius 1 is 0.900 bits per heavy atom. The van der Waals surface area contributed by atoms with Gasteiger partial charge in [-0.3, -0.25) is 0 Å². The first-order valence-electron chi connectivity index (χ1n) is 6.56. The number of anilines is 1. The zero-order chi connectivity index (χ0) is 13.1. The predicted octanol–water partition coefficient (Wildman–Crippen LogP) is 2.83. The summed E-state index contributed by atoms with van der Waals surface area (Å²) in [7, 11) is 0. The molecular formula is C16H18NNaOS. The number of hydrogen-bond donors (Lipinski definition) is 1. The molecule has 0 saturated carbocycles. The van der Waals surface area contributed by atoms with Crippen LogP contribution < -0.4 is 4.90 Å². The molecule has 0 amide bonds. The van der Waals surface area contributed by atoms with Crippen molar-refractivity contribution in [2.45, 2.75) is 4.90 Å². The van der Waals surface area contributed by atoms with Crippen molar-refractivity contribution in [1.29, 1.82) is 0 Å². The summed E-state index contributed by atoms with van der Waals surface area (Å²) in [4.78, 5) is 3.38. The monoisotopic (exact) mass is 295 g/mol. The van der Waals surface area contributed by atoms with E-state index in [2.05, 4.69) is 47.9 Å². The van der Waals surface area contributed by atoms with Crippen LogP contribution in [0.4, 0.5) is 5.69 Å². The molecule has 2 aromatic carbocycles. The van der Waals surface area contributed by atoms with Crippen LogP contribution in [0.15, 0.2) is 53.4 Å². The van der Waals surface area contributed by atoms with E-state index in [9.17, 15) is 0 Å². The standard InChI is InChI=1S/C16H17NOS.Na.H/c19-16-4-2-1-3-15(16)13-5-7-14(8-6-13)17-9-11-18-12-10-17;;/h1-8,19H,9-12H2;;. The third-order valence-electron chi connectivity index (χ3n) is 3.46. The Balaban J connectivity index is 0.00000147. The first-order valence-corrected chi connectivity index (χ1v) is 7.00. The van der Waals surface area contributed by atoms with E-state index < -0.39 is 0 Å². The van der Waals surface area contributed by atoms with Gasteiger partial charge in [-0.15, -0.1) is 12.6 Å². The molecule has 1 aliphatic rings. The quantitative estimate of drug-likeness (QED) is 0.675. The van der Waals surface area contributed by atoms with Gasteiger partial charge in [0.15, 0.2) is 0 Å². The Labute approximate surface area is 147 Å². The fraction of sp³-hybridized carbons (Fsp3) is 0.250. The maximum absolute atomic E-state index is 5.38. The molecule has 3 rings (SSSR count). The van der Waals surface area contributed by atoms with Crippen LogP contribution in [-0.4, -0.2) is 55.9 Å². The summed E-state index contributed by atoms with van der Waals surface area (Å²) in [6.45, 7) is 3.59. The summed E-state index contributed by atoms with van der Waals surface area (Å²) in [5, 5.41) is 0. The van der Waals surface area contributed by atoms with Gasteiger partial charge in [0.1, 0.15) is 0 Å². The van der Waals surface area contributed by atoms with Crippen LogP contribution in [0.5, 0.6) is 0 Å². The first kappa shape index (κ1) is 15.9. The molecule has 4 heteroatoms.